The number of likely N-dealkylation sites (tertiary alicyclic amines) is 1. The zero-order valence-corrected chi connectivity index (χ0v) is 16.8. The van der Waals surface area contributed by atoms with Gasteiger partial charge in [-0.25, -0.2) is 4.98 Å². The first-order valence-corrected chi connectivity index (χ1v) is 10.6. The highest BCUT2D eigenvalue weighted by Gasteiger charge is 2.30. The number of piperidine rings is 2. The lowest BCUT2D eigenvalue weighted by molar-refractivity contribution is 0.109. The normalized spacial score (nSPS) is 22.6. The topological polar surface area (TPSA) is 51.6 Å². The molecule has 0 amide bonds. The number of imidazole rings is 1. The summed E-state index contributed by atoms with van der Waals surface area (Å²) >= 11 is 0. The molecule has 2 aromatic rings. The fourth-order valence-corrected chi connectivity index (χ4v) is 4.44. The van der Waals surface area contributed by atoms with Gasteiger partial charge in [0.25, 0.3) is 0 Å². The number of rotatable bonds is 8. The zero-order chi connectivity index (χ0) is 19.2. The van der Waals surface area contributed by atoms with Gasteiger partial charge in [-0.3, -0.25) is 4.90 Å². The Morgan fingerprint density at radius 2 is 2.18 bits per heavy atom. The smallest absolute Gasteiger partial charge is 0.161 e. The highest BCUT2D eigenvalue weighted by molar-refractivity contribution is 5.43. The third-order valence-corrected chi connectivity index (χ3v) is 5.86. The van der Waals surface area contributed by atoms with Crippen molar-refractivity contribution in [3.8, 4) is 11.5 Å². The predicted octanol–water partition coefficient (Wildman–Crippen LogP) is 2.93. The summed E-state index contributed by atoms with van der Waals surface area (Å²) in [5, 5.41) is 3.70. The van der Waals surface area contributed by atoms with Crippen molar-refractivity contribution >= 4 is 0 Å². The van der Waals surface area contributed by atoms with E-state index in [4.69, 9.17) is 9.47 Å². The number of nitrogens with one attached hydrogen (secondary N) is 1. The first-order chi connectivity index (χ1) is 13.8. The summed E-state index contributed by atoms with van der Waals surface area (Å²) in [6.07, 6.45) is 9.48. The number of fused-ring (bicyclic) bond motifs is 1. The summed E-state index contributed by atoms with van der Waals surface area (Å²) in [6, 6.07) is 7.13. The zero-order valence-electron chi connectivity index (χ0n) is 16.8. The molecule has 0 spiro atoms. The Morgan fingerprint density at radius 3 is 3.04 bits per heavy atom. The van der Waals surface area contributed by atoms with E-state index in [1.165, 1.54) is 44.5 Å². The van der Waals surface area contributed by atoms with Gasteiger partial charge in [-0.15, -0.1) is 0 Å². The number of benzene rings is 1. The van der Waals surface area contributed by atoms with Crippen LogP contribution in [0.2, 0.25) is 0 Å². The maximum atomic E-state index is 5.98. The lowest BCUT2D eigenvalue weighted by Gasteiger charge is -2.41. The highest BCUT2D eigenvalue weighted by Crippen LogP contribution is 2.30. The summed E-state index contributed by atoms with van der Waals surface area (Å²) in [6.45, 7) is 8.57. The van der Waals surface area contributed by atoms with E-state index in [9.17, 15) is 0 Å². The molecule has 0 saturated carbocycles. The van der Waals surface area contributed by atoms with Gasteiger partial charge < -0.3 is 19.4 Å². The van der Waals surface area contributed by atoms with Crippen LogP contribution in [-0.4, -0.2) is 53.3 Å². The number of ether oxygens (including phenoxy) is 2. The van der Waals surface area contributed by atoms with E-state index in [-0.39, 0.29) is 0 Å². The van der Waals surface area contributed by atoms with Crippen LogP contribution in [0.5, 0.6) is 11.5 Å². The molecule has 4 rings (SSSR count). The highest BCUT2D eigenvalue weighted by atomic mass is 16.5. The van der Waals surface area contributed by atoms with Crippen LogP contribution < -0.4 is 14.8 Å². The van der Waals surface area contributed by atoms with Crippen LogP contribution in [0.4, 0.5) is 0 Å². The number of aromatic nitrogens is 2. The first-order valence-electron chi connectivity index (χ1n) is 10.6. The van der Waals surface area contributed by atoms with Crippen molar-refractivity contribution in [3.63, 3.8) is 0 Å². The number of hydrogen-bond donors (Lipinski definition) is 1. The van der Waals surface area contributed by atoms with Crippen molar-refractivity contribution in [1.82, 2.24) is 19.8 Å². The summed E-state index contributed by atoms with van der Waals surface area (Å²) in [7, 11) is 0. The monoisotopic (exact) mass is 384 g/mol. The van der Waals surface area contributed by atoms with Crippen molar-refractivity contribution in [2.45, 2.75) is 45.3 Å². The van der Waals surface area contributed by atoms with Crippen LogP contribution in [0.15, 0.2) is 36.9 Å². The lowest BCUT2D eigenvalue weighted by Crippen LogP contribution is -2.51. The molecule has 0 aliphatic carbocycles. The molecular weight excluding hydrogens is 352 g/mol. The molecule has 2 fully saturated rings. The Balaban J connectivity index is 1.35. The van der Waals surface area contributed by atoms with Crippen molar-refractivity contribution < 1.29 is 9.47 Å². The molecule has 1 aromatic carbocycles. The largest absolute Gasteiger partial charge is 0.490 e. The molecular formula is C22H32N4O2. The molecule has 2 aliphatic heterocycles. The quantitative estimate of drug-likeness (QED) is 0.758. The van der Waals surface area contributed by atoms with Gasteiger partial charge in [-0.1, -0.05) is 6.07 Å². The maximum absolute atomic E-state index is 5.98. The predicted molar refractivity (Wildman–Crippen MR) is 110 cm³/mol. The summed E-state index contributed by atoms with van der Waals surface area (Å²) in [4.78, 5) is 6.66. The fraction of sp³-hybridized carbons (Fsp3) is 0.591. The van der Waals surface area contributed by atoms with Crippen molar-refractivity contribution in [2.75, 3.05) is 32.8 Å². The molecule has 28 heavy (non-hydrogen) atoms. The fourth-order valence-electron chi connectivity index (χ4n) is 4.44. The molecule has 2 saturated heterocycles. The molecule has 1 aromatic heterocycles. The van der Waals surface area contributed by atoms with Crippen LogP contribution in [-0.2, 0) is 13.1 Å². The summed E-state index contributed by atoms with van der Waals surface area (Å²) in [5.74, 6) is 2.47. The van der Waals surface area contributed by atoms with Gasteiger partial charge in [0, 0.05) is 31.5 Å². The van der Waals surface area contributed by atoms with E-state index in [1.54, 1.807) is 12.5 Å². The molecule has 2 atom stereocenters. The number of nitrogens with zero attached hydrogens (tertiary/aromatic N) is 3. The van der Waals surface area contributed by atoms with E-state index in [1.807, 2.05) is 17.7 Å². The van der Waals surface area contributed by atoms with Crippen molar-refractivity contribution in [2.24, 2.45) is 5.92 Å². The van der Waals surface area contributed by atoms with Gasteiger partial charge >= 0.3 is 0 Å². The third kappa shape index (κ3) is 4.86. The average Bonchev–Trinajstić information content (AvgIpc) is 3.23. The minimum absolute atomic E-state index is 0.595. The Kier molecular flexibility index (Phi) is 6.49. The molecule has 0 unspecified atom stereocenters. The second-order valence-corrected chi connectivity index (χ2v) is 7.85. The second kappa shape index (κ2) is 9.43. The minimum Gasteiger partial charge on any atom is -0.490 e. The van der Waals surface area contributed by atoms with Crippen LogP contribution in [0, 0.1) is 5.92 Å². The molecule has 0 bridgehead atoms. The van der Waals surface area contributed by atoms with E-state index < -0.39 is 0 Å². The van der Waals surface area contributed by atoms with Crippen LogP contribution in [0.3, 0.4) is 0 Å². The third-order valence-electron chi connectivity index (χ3n) is 5.86. The molecule has 6 nitrogen and oxygen atoms in total. The minimum atomic E-state index is 0.595. The van der Waals surface area contributed by atoms with Crippen LogP contribution in [0.25, 0.3) is 0 Å². The molecule has 152 valence electrons. The second-order valence-electron chi connectivity index (χ2n) is 7.85. The molecule has 0 radical (unpaired) electrons. The standard InChI is InChI=1S/C22H32N4O2/c1-2-27-22-14-18(5-6-21(22)28-13-12-25-11-9-23-17-25)15-26-10-7-20-19(16-26)4-3-8-24-20/h5-6,9,11,14,17,19-20,24H,2-4,7-8,10,12-13,15-16H2,1H3/t19-,20+/m1/s1. The summed E-state index contributed by atoms with van der Waals surface area (Å²) < 4.78 is 13.9. The average molecular weight is 385 g/mol. The van der Waals surface area contributed by atoms with E-state index in [0.29, 0.717) is 13.2 Å². The van der Waals surface area contributed by atoms with Crippen LogP contribution >= 0.6 is 0 Å². The maximum Gasteiger partial charge on any atom is 0.161 e. The Bertz CT molecular complexity index is 734. The molecule has 1 N–H and O–H groups in total. The Hall–Kier alpha value is -2.05. The Morgan fingerprint density at radius 1 is 1.21 bits per heavy atom. The van der Waals surface area contributed by atoms with Crippen molar-refractivity contribution in [3.05, 3.63) is 42.5 Å². The van der Waals surface area contributed by atoms with Gasteiger partial charge in [-0.2, -0.15) is 0 Å². The molecule has 3 heterocycles. The van der Waals surface area contributed by atoms with Gasteiger partial charge in [0.1, 0.15) is 6.61 Å². The summed E-state index contributed by atoms with van der Waals surface area (Å²) in [5.41, 5.74) is 1.30. The number of hydrogen-bond acceptors (Lipinski definition) is 5. The molecule has 2 aliphatic rings. The van der Waals surface area contributed by atoms with Crippen molar-refractivity contribution in [1.29, 1.82) is 0 Å². The van der Waals surface area contributed by atoms with Crippen LogP contribution in [0.1, 0.15) is 31.7 Å². The first kappa shape index (κ1) is 19.3. The van der Waals surface area contributed by atoms with E-state index in [2.05, 4.69) is 33.4 Å². The van der Waals surface area contributed by atoms with E-state index >= 15 is 0 Å². The van der Waals surface area contributed by atoms with E-state index in [0.717, 1.165) is 36.5 Å². The SMILES string of the molecule is CCOc1cc(CN2CC[C@@H]3NCCC[C@@H]3C2)ccc1OCCn1ccnc1. The lowest BCUT2D eigenvalue weighted by atomic mass is 9.85. The van der Waals surface area contributed by atoms with Gasteiger partial charge in [0.2, 0.25) is 0 Å². The van der Waals surface area contributed by atoms with Gasteiger partial charge in [0.05, 0.1) is 19.5 Å². The Labute approximate surface area is 167 Å². The van der Waals surface area contributed by atoms with Gasteiger partial charge in [-0.05, 0) is 62.9 Å². The van der Waals surface area contributed by atoms with Gasteiger partial charge in [0.15, 0.2) is 11.5 Å². The molecule has 6 heteroatoms.